The zero-order valence-corrected chi connectivity index (χ0v) is 33.4. The first-order valence-electron chi connectivity index (χ1n) is 16.0. The van der Waals surface area contributed by atoms with Gasteiger partial charge >= 0.3 is 107 Å². The third kappa shape index (κ3) is 10.3. The van der Waals surface area contributed by atoms with E-state index < -0.39 is 164 Å². The normalized spacial score (nSPS) is 18.6. The number of halogens is 38. The minimum absolute atomic E-state index is 0.100. The summed E-state index contributed by atoms with van der Waals surface area (Å²) in [5, 5.41) is 0. The molecule has 0 aliphatic carbocycles. The summed E-state index contributed by atoms with van der Waals surface area (Å²) in [6, 6.07) is 0. The average Bonchev–Trinajstić information content (AvgIpc) is 3.12. The van der Waals surface area contributed by atoms with Gasteiger partial charge in [-0.3, -0.25) is 8.37 Å². The highest BCUT2D eigenvalue weighted by Crippen LogP contribution is 2.69. The Kier molecular flexibility index (Phi) is 17.5. The second-order valence-electron chi connectivity index (χ2n) is 13.7. The molecule has 0 aromatic carbocycles. The zero-order valence-electron chi connectivity index (χ0n) is 31.7. The Morgan fingerprint density at radius 1 is 0.310 bits per heavy atom. The van der Waals surface area contributed by atoms with Crippen LogP contribution in [0.3, 0.4) is 0 Å². The Balaban J connectivity index is 6.59. The molecule has 0 aromatic heterocycles. The van der Waals surface area contributed by atoms with Crippen LogP contribution in [0.4, 0.5) is 167 Å². The topological polar surface area (TPSA) is 86.7 Å². The molecule has 0 amide bonds. The molecule has 71 heavy (non-hydrogen) atoms. The van der Waals surface area contributed by atoms with Gasteiger partial charge < -0.3 is 0 Å². The van der Waals surface area contributed by atoms with Crippen molar-refractivity contribution >= 4 is 20.2 Å². The van der Waals surface area contributed by atoms with Crippen molar-refractivity contribution in [2.45, 2.75) is 133 Å². The second kappa shape index (κ2) is 18.2. The summed E-state index contributed by atoms with van der Waals surface area (Å²) in [5.74, 6) is -114. The maximum Gasteiger partial charge on any atom is 0.460 e. The molecule has 3 unspecified atom stereocenters. The maximum absolute atomic E-state index is 14.3. The lowest BCUT2D eigenvalue weighted by atomic mass is 9.79. The van der Waals surface area contributed by atoms with Crippen LogP contribution in [0.25, 0.3) is 0 Å². The molecule has 6 nitrogen and oxygen atoms in total. The molecular weight excluding hydrogens is 1180 g/mol. The monoisotopic (exact) mass is 1200 g/mol. The van der Waals surface area contributed by atoms with Crippen molar-refractivity contribution in [2.75, 3.05) is 18.1 Å². The zero-order chi connectivity index (χ0) is 58.5. The summed E-state index contributed by atoms with van der Waals surface area (Å²) < 4.78 is 569. The van der Waals surface area contributed by atoms with Gasteiger partial charge in [0.1, 0.15) is 0 Å². The molecule has 46 heteroatoms. The summed E-state index contributed by atoms with van der Waals surface area (Å²) >= 11 is 0. The number of hydrogen-bond donors (Lipinski definition) is 0. The molecule has 3 atom stereocenters. The van der Waals surface area contributed by atoms with Gasteiger partial charge in [-0.1, -0.05) is 0 Å². The minimum Gasteiger partial charge on any atom is -0.267 e. The van der Waals surface area contributed by atoms with Crippen LogP contribution in [0.5, 0.6) is 0 Å². The average molecular weight is 1200 g/mol. The van der Waals surface area contributed by atoms with Crippen LogP contribution in [0.2, 0.25) is 0 Å². The van der Waals surface area contributed by atoms with Crippen LogP contribution in [0.15, 0.2) is 0 Å². The van der Waals surface area contributed by atoms with Crippen molar-refractivity contribution in [3.63, 3.8) is 0 Å². The molecule has 428 valence electrons. The van der Waals surface area contributed by atoms with E-state index in [2.05, 4.69) is 8.37 Å². The lowest BCUT2D eigenvalue weighted by molar-refractivity contribution is -0.475. The lowest BCUT2D eigenvalue weighted by Gasteiger charge is -2.46. The summed E-state index contributed by atoms with van der Waals surface area (Å²) in [4.78, 5) is 0. The van der Waals surface area contributed by atoms with E-state index in [1.165, 1.54) is 0 Å². The van der Waals surface area contributed by atoms with Crippen molar-refractivity contribution in [1.29, 1.82) is 0 Å². The van der Waals surface area contributed by atoms with Crippen molar-refractivity contribution < 1.29 is 192 Å². The fraction of sp³-hybridized carbons (Fsp3) is 1.00. The highest BCUT2D eigenvalue weighted by molar-refractivity contribution is 7.87. The predicted octanol–water partition coefficient (Wildman–Crippen LogP) is 12.1. The Labute approximate surface area is 364 Å². The number of hydrogen-bond acceptors (Lipinski definition) is 6. The van der Waals surface area contributed by atoms with Gasteiger partial charge in [-0.25, -0.2) is 8.78 Å². The predicted molar refractivity (Wildman–Crippen MR) is 145 cm³/mol. The van der Waals surface area contributed by atoms with Crippen molar-refractivity contribution in [3.8, 4) is 0 Å². The van der Waals surface area contributed by atoms with Gasteiger partial charge in [-0.2, -0.15) is 175 Å². The molecule has 0 aliphatic heterocycles. The van der Waals surface area contributed by atoms with Gasteiger partial charge in [0.05, 0.1) is 24.2 Å². The molecular formula is C25H14F38O6S2. The van der Waals surface area contributed by atoms with Crippen molar-refractivity contribution in [3.05, 3.63) is 0 Å². The van der Waals surface area contributed by atoms with Crippen LogP contribution in [-0.2, 0) is 28.6 Å². The molecule has 0 heterocycles. The molecule has 0 fully saturated rings. The highest BCUT2D eigenvalue weighted by Gasteiger charge is 3.01. The quantitative estimate of drug-likeness (QED) is 0.0748. The first-order chi connectivity index (χ1) is 30.0. The van der Waals surface area contributed by atoms with E-state index in [0.717, 1.165) is 0 Å². The van der Waals surface area contributed by atoms with E-state index in [1.807, 2.05) is 0 Å². The maximum atomic E-state index is 14.3. The molecule has 0 bridgehead atoms. The van der Waals surface area contributed by atoms with E-state index in [0.29, 0.717) is 0 Å². The van der Waals surface area contributed by atoms with Gasteiger partial charge in [0, 0.05) is 12.8 Å². The summed E-state index contributed by atoms with van der Waals surface area (Å²) in [5.41, 5.74) is -19.3. The van der Waals surface area contributed by atoms with Crippen LogP contribution >= 0.6 is 0 Å². The van der Waals surface area contributed by atoms with Crippen LogP contribution < -0.4 is 0 Å². The van der Waals surface area contributed by atoms with E-state index in [-0.39, 0.29) is 6.92 Å². The Hall–Kier alpha value is -2.84. The molecule has 0 aliphatic rings. The smallest absolute Gasteiger partial charge is 0.267 e. The van der Waals surface area contributed by atoms with Crippen LogP contribution in [0, 0.1) is 0 Å². The van der Waals surface area contributed by atoms with E-state index in [4.69, 9.17) is 0 Å². The molecule has 0 N–H and O–H groups in total. The Morgan fingerprint density at radius 2 is 0.535 bits per heavy atom. The summed E-state index contributed by atoms with van der Waals surface area (Å²) in [7, 11) is -13.1. The minimum atomic E-state index is -9.67. The highest BCUT2D eigenvalue weighted by atomic mass is 32.2. The van der Waals surface area contributed by atoms with Gasteiger partial charge in [0.25, 0.3) is 20.2 Å². The van der Waals surface area contributed by atoms with Crippen molar-refractivity contribution in [2.24, 2.45) is 0 Å². The van der Waals surface area contributed by atoms with Crippen molar-refractivity contribution in [1.82, 2.24) is 0 Å². The Morgan fingerprint density at radius 3 is 0.761 bits per heavy atom. The fourth-order valence-corrected chi connectivity index (χ4v) is 6.77. The van der Waals surface area contributed by atoms with E-state index >= 15 is 0 Å². The fourth-order valence-electron chi connectivity index (χ4n) is 4.59. The molecule has 0 saturated heterocycles. The van der Waals surface area contributed by atoms with Crippen LogP contribution in [-0.4, -0.2) is 148 Å². The largest absolute Gasteiger partial charge is 0.460 e. The molecule has 0 aromatic rings. The Bertz CT molecular complexity index is 2100. The molecule has 0 rings (SSSR count). The molecule has 0 saturated carbocycles. The van der Waals surface area contributed by atoms with Crippen LogP contribution in [0.1, 0.15) is 19.8 Å². The van der Waals surface area contributed by atoms with E-state index in [9.17, 15) is 184 Å². The number of rotatable bonds is 23. The lowest BCUT2D eigenvalue weighted by Crippen LogP contribution is -2.79. The summed E-state index contributed by atoms with van der Waals surface area (Å²) in [6.07, 6.45) is -45.7. The van der Waals surface area contributed by atoms with Gasteiger partial charge in [-0.05, 0) is 6.92 Å². The molecule has 0 spiro atoms. The number of alkyl halides is 38. The second-order valence-corrected chi connectivity index (χ2v) is 17.2. The molecule has 0 radical (unpaired) electrons. The third-order valence-electron chi connectivity index (χ3n) is 8.63. The van der Waals surface area contributed by atoms with Gasteiger partial charge in [0.15, 0.2) is 0 Å². The summed E-state index contributed by atoms with van der Waals surface area (Å²) in [6.45, 7) is -2.52. The first kappa shape index (κ1) is 68.2. The van der Waals surface area contributed by atoms with Gasteiger partial charge in [0.2, 0.25) is 0 Å². The SMILES string of the molecule is CC(COS(=O)(=O)CCC(F)(F)C(F)(F)C(F)(F)C(F)(F)C(F)(C(F)(F)F)C(F)(F)C(F)(F)C(F)(F)F)OS(=O)(=O)CCC(F)(F)C(F)(F)C(F)(F)C(F)(F)C(F)(C(F)(F)F)C(F)(F)C(F)(F)C(F)(F)F. The third-order valence-corrected chi connectivity index (χ3v) is 11.2. The van der Waals surface area contributed by atoms with Gasteiger partial charge in [-0.15, -0.1) is 0 Å². The standard InChI is InChI=1S/C25H14F38O6S2/c1-7(69-71(66,67)5-3-9(28,29)13(34,35)19(46,47)15(38,39)11(31,23(55,56)57)17(42,43)21(50,51)25(61,62)63)6-68-70(64,65)4-2-8(26,27)12(32,33)18(44,45)14(36,37)10(30,22(52,53)54)16(40,41)20(48,49)24(58,59)60/h7H,2-6H2,1H3. The first-order valence-corrected chi connectivity index (χ1v) is 19.1. The van der Waals surface area contributed by atoms with E-state index in [1.54, 1.807) is 0 Å².